The predicted octanol–water partition coefficient (Wildman–Crippen LogP) is 5.91. The molecule has 0 heterocycles. The van der Waals surface area contributed by atoms with E-state index in [2.05, 4.69) is 9.47 Å². The van der Waals surface area contributed by atoms with Gasteiger partial charge in [0.2, 0.25) is 34.8 Å². The summed E-state index contributed by atoms with van der Waals surface area (Å²) in [5, 5.41) is 0. The lowest BCUT2D eigenvalue weighted by molar-refractivity contribution is -0.148. The molecule has 0 aliphatic heterocycles. The number of esters is 2. The van der Waals surface area contributed by atoms with Crippen LogP contribution in [0.4, 0.5) is 35.1 Å². The van der Waals surface area contributed by atoms with Gasteiger partial charge in [0.15, 0.2) is 23.3 Å². The summed E-state index contributed by atoms with van der Waals surface area (Å²) in [7, 11) is 0. The number of ether oxygens (including phenoxy) is 3. The van der Waals surface area contributed by atoms with Crippen LogP contribution in [0.25, 0.3) is 0 Å². The third-order valence-electron chi connectivity index (χ3n) is 4.90. The van der Waals surface area contributed by atoms with E-state index >= 15 is 0 Å². The van der Waals surface area contributed by atoms with Crippen LogP contribution < -0.4 is 9.47 Å². The zero-order valence-electron chi connectivity index (χ0n) is 19.3. The normalized spacial score (nSPS) is 12.0. The minimum absolute atomic E-state index is 0.0539. The molecule has 36 heavy (non-hydrogen) atoms. The van der Waals surface area contributed by atoms with Crippen molar-refractivity contribution in [2.45, 2.75) is 46.1 Å². The topological polar surface area (TPSA) is 61.8 Å². The first-order chi connectivity index (χ1) is 16.5. The molecule has 2 aromatic rings. The van der Waals surface area contributed by atoms with E-state index in [-0.39, 0.29) is 25.2 Å². The zero-order valence-corrected chi connectivity index (χ0v) is 19.3. The van der Waals surface area contributed by atoms with Crippen LogP contribution in [-0.2, 0) is 14.3 Å². The molecule has 0 spiro atoms. The molecule has 0 aliphatic rings. The number of carbonyl (C=O) groups is 2. The van der Waals surface area contributed by atoms with Crippen LogP contribution in [-0.4, -0.2) is 24.1 Å². The van der Waals surface area contributed by atoms with Gasteiger partial charge in [-0.3, -0.25) is 9.59 Å². The molecule has 0 bridgehead atoms. The van der Waals surface area contributed by atoms with Crippen LogP contribution in [0.15, 0.2) is 12.1 Å². The summed E-state index contributed by atoms with van der Waals surface area (Å²) in [6, 6.07) is -0.114. The second-order valence-electron chi connectivity index (χ2n) is 8.88. The summed E-state index contributed by atoms with van der Waals surface area (Å²) in [6.07, 6.45) is -0.850. The summed E-state index contributed by atoms with van der Waals surface area (Å²) in [6.45, 7) is 4.95. The minimum Gasteiger partial charge on any atom is -0.420 e. The Morgan fingerprint density at radius 3 is 1.50 bits per heavy atom. The monoisotopic (exact) mass is 528 g/mol. The van der Waals surface area contributed by atoms with E-state index < -0.39 is 87.4 Å². The van der Waals surface area contributed by atoms with Crippen LogP contribution in [0.5, 0.6) is 11.5 Å². The second-order valence-corrected chi connectivity index (χ2v) is 8.88. The highest BCUT2D eigenvalue weighted by Gasteiger charge is 2.34. The number of hydrogen-bond acceptors (Lipinski definition) is 5. The lowest BCUT2D eigenvalue weighted by Gasteiger charge is -2.28. The van der Waals surface area contributed by atoms with Gasteiger partial charge in [-0.2, -0.15) is 17.6 Å². The summed E-state index contributed by atoms with van der Waals surface area (Å²) >= 11 is 0. The van der Waals surface area contributed by atoms with E-state index in [4.69, 9.17) is 4.74 Å². The molecule has 0 aromatic heterocycles. The van der Waals surface area contributed by atoms with Crippen molar-refractivity contribution >= 4 is 11.9 Å². The number of rotatable bonds is 9. The van der Waals surface area contributed by atoms with Crippen molar-refractivity contribution in [2.75, 3.05) is 6.61 Å². The quantitative estimate of drug-likeness (QED) is 0.175. The number of hydrogen-bond donors (Lipinski definition) is 0. The Hall–Kier alpha value is -3.22. The van der Waals surface area contributed by atoms with Gasteiger partial charge in [0.05, 0.1) is 17.4 Å². The third kappa shape index (κ3) is 6.71. The largest absolute Gasteiger partial charge is 0.420 e. The van der Waals surface area contributed by atoms with Gasteiger partial charge in [0, 0.05) is 18.7 Å². The van der Waals surface area contributed by atoms with Crippen LogP contribution in [0.1, 0.15) is 40.5 Å². The summed E-state index contributed by atoms with van der Waals surface area (Å²) in [4.78, 5) is 24.4. The Labute approximate surface area is 199 Å². The molecule has 0 fully saturated rings. The van der Waals surface area contributed by atoms with Crippen LogP contribution in [0.3, 0.4) is 0 Å². The average Bonchev–Trinajstić information content (AvgIpc) is 2.76. The maximum atomic E-state index is 13.8. The molecule has 0 amide bonds. The number of carbonyl (C=O) groups excluding carboxylic acids is 2. The Morgan fingerprint density at radius 2 is 1.08 bits per heavy atom. The lowest BCUT2D eigenvalue weighted by atomic mass is 9.90. The Morgan fingerprint density at radius 1 is 0.694 bits per heavy atom. The smallest absolute Gasteiger partial charge is 0.317 e. The Bertz CT molecular complexity index is 1130. The van der Waals surface area contributed by atoms with Gasteiger partial charge in [-0.1, -0.05) is 0 Å². The van der Waals surface area contributed by atoms with Gasteiger partial charge in [-0.25, -0.2) is 17.6 Å². The highest BCUT2D eigenvalue weighted by molar-refractivity contribution is 5.78. The van der Waals surface area contributed by atoms with Crippen molar-refractivity contribution in [1.29, 1.82) is 0 Å². The fraction of sp³-hybridized carbons (Fsp3) is 0.391. The van der Waals surface area contributed by atoms with Gasteiger partial charge in [0.1, 0.15) is 0 Å². The van der Waals surface area contributed by atoms with Gasteiger partial charge in [-0.15, -0.1) is 0 Å². The molecular weight excluding hydrogens is 508 g/mol. The van der Waals surface area contributed by atoms with E-state index in [0.717, 1.165) is 0 Å². The first-order valence-corrected chi connectivity index (χ1v) is 10.2. The molecule has 0 unspecified atom stereocenters. The fourth-order valence-corrected chi connectivity index (χ4v) is 2.75. The molecule has 0 N–H and O–H groups in total. The van der Waals surface area contributed by atoms with Crippen molar-refractivity contribution in [3.63, 3.8) is 0 Å². The van der Waals surface area contributed by atoms with E-state index in [1.807, 2.05) is 0 Å². The highest BCUT2D eigenvalue weighted by Crippen LogP contribution is 2.31. The maximum absolute atomic E-state index is 13.8. The molecule has 0 atom stereocenters. The van der Waals surface area contributed by atoms with Crippen molar-refractivity contribution in [1.82, 2.24) is 0 Å². The van der Waals surface area contributed by atoms with Gasteiger partial charge in [-0.05, 0) is 34.1 Å². The third-order valence-corrected chi connectivity index (χ3v) is 4.90. The fourth-order valence-electron chi connectivity index (χ4n) is 2.75. The molecule has 2 aromatic carbocycles. The summed E-state index contributed by atoms with van der Waals surface area (Å²) < 4.78 is 122. The average molecular weight is 528 g/mol. The summed E-state index contributed by atoms with van der Waals surface area (Å²) in [5.74, 6) is -20.4. The van der Waals surface area contributed by atoms with Crippen LogP contribution >= 0.6 is 0 Å². The van der Waals surface area contributed by atoms with Gasteiger partial charge in [0.25, 0.3) is 0 Å². The molecular formula is C23H20F8O5. The first-order valence-electron chi connectivity index (χ1n) is 10.2. The lowest BCUT2D eigenvalue weighted by Crippen LogP contribution is -2.34. The van der Waals surface area contributed by atoms with Crippen molar-refractivity contribution in [3.05, 3.63) is 58.7 Å². The van der Waals surface area contributed by atoms with Crippen molar-refractivity contribution < 1.29 is 58.9 Å². The first kappa shape index (κ1) is 29.0. The molecule has 0 saturated heterocycles. The molecule has 198 valence electrons. The zero-order chi connectivity index (χ0) is 27.6. The van der Waals surface area contributed by atoms with Crippen LogP contribution in [0, 0.1) is 52.0 Å². The predicted molar refractivity (Wildman–Crippen MR) is 107 cm³/mol. The minimum atomic E-state index is -1.91. The molecule has 5 nitrogen and oxygen atoms in total. The van der Waals surface area contributed by atoms with Crippen LogP contribution in [0.2, 0.25) is 0 Å². The number of benzene rings is 2. The van der Waals surface area contributed by atoms with E-state index in [9.17, 15) is 44.7 Å². The van der Waals surface area contributed by atoms with Crippen molar-refractivity contribution in [3.8, 4) is 11.5 Å². The second kappa shape index (κ2) is 10.8. The SMILES string of the molecule is CC(C)(CC(=O)Oc1c(F)c(F)cc(F)c1F)OCCC(C)(C)C(=O)Oc1c(F)c(F)cc(F)c1F. The van der Waals surface area contributed by atoms with E-state index in [0.29, 0.717) is 0 Å². The summed E-state index contributed by atoms with van der Waals surface area (Å²) in [5.41, 5.74) is -2.90. The Balaban J connectivity index is 1.99. The number of halogens is 8. The van der Waals surface area contributed by atoms with E-state index in [1.165, 1.54) is 27.7 Å². The standard InChI is InChI=1S/C23H20F8O5/c1-22(2,21(33)36-20-17(30)12(26)8-13(27)18(20)31)5-6-34-23(3,4)9-14(32)35-19-15(28)10(24)7-11(25)16(19)29/h7-8H,5-6,9H2,1-4H3. The molecule has 0 saturated carbocycles. The van der Waals surface area contributed by atoms with Gasteiger partial charge < -0.3 is 14.2 Å². The van der Waals surface area contributed by atoms with Crippen molar-refractivity contribution in [2.24, 2.45) is 5.41 Å². The maximum Gasteiger partial charge on any atom is 0.317 e. The van der Waals surface area contributed by atoms with E-state index in [1.54, 1.807) is 0 Å². The molecule has 0 radical (unpaired) electrons. The highest BCUT2D eigenvalue weighted by atomic mass is 19.2. The Kier molecular flexibility index (Phi) is 8.71. The molecule has 13 heteroatoms. The molecule has 2 rings (SSSR count). The van der Waals surface area contributed by atoms with Gasteiger partial charge >= 0.3 is 11.9 Å². The molecule has 0 aliphatic carbocycles.